The Hall–Kier alpha value is -2.83. The Balaban J connectivity index is 1.73. The molecule has 138 valence electrons. The molecule has 2 heterocycles. The van der Waals surface area contributed by atoms with Crippen LogP contribution in [0.25, 0.3) is 0 Å². The Labute approximate surface area is 152 Å². The highest BCUT2D eigenvalue weighted by atomic mass is 16.5. The van der Waals surface area contributed by atoms with E-state index in [1.165, 1.54) is 0 Å². The molecule has 26 heavy (non-hydrogen) atoms. The second-order valence-corrected chi connectivity index (χ2v) is 6.55. The van der Waals surface area contributed by atoms with Gasteiger partial charge in [-0.05, 0) is 32.0 Å². The van der Waals surface area contributed by atoms with Gasteiger partial charge in [-0.1, -0.05) is 18.2 Å². The van der Waals surface area contributed by atoms with Gasteiger partial charge >= 0.3 is 0 Å². The summed E-state index contributed by atoms with van der Waals surface area (Å²) in [6.07, 6.45) is 0.251. The standard InChI is InChI=1S/C19H24N4O3/c1-13-9-14(2)23(21-13)12-18(24)22-11-16(10-17(22)19(25)20-3)26-15-7-5-4-6-8-15/h4-9,16-17H,10-12H2,1-3H3,(H,20,25)/t16-,17-/m0/s1. The van der Waals surface area contributed by atoms with Crippen LogP contribution in [0.15, 0.2) is 36.4 Å². The van der Waals surface area contributed by atoms with E-state index in [9.17, 15) is 9.59 Å². The van der Waals surface area contributed by atoms with E-state index >= 15 is 0 Å². The Bertz CT molecular complexity index is 787. The zero-order valence-electron chi connectivity index (χ0n) is 15.3. The molecule has 1 aromatic carbocycles. The average molecular weight is 356 g/mol. The smallest absolute Gasteiger partial charge is 0.245 e. The first kappa shape index (κ1) is 18.0. The maximum Gasteiger partial charge on any atom is 0.245 e. The lowest BCUT2D eigenvalue weighted by Gasteiger charge is -2.23. The van der Waals surface area contributed by atoms with Crippen LogP contribution in [0.2, 0.25) is 0 Å². The van der Waals surface area contributed by atoms with Crippen molar-refractivity contribution in [2.75, 3.05) is 13.6 Å². The van der Waals surface area contributed by atoms with E-state index in [1.54, 1.807) is 16.6 Å². The third kappa shape index (κ3) is 3.87. The summed E-state index contributed by atoms with van der Waals surface area (Å²) in [6, 6.07) is 10.8. The van der Waals surface area contributed by atoms with Crippen LogP contribution in [0, 0.1) is 13.8 Å². The molecule has 0 spiro atoms. The minimum absolute atomic E-state index is 0.116. The van der Waals surface area contributed by atoms with Crippen molar-refractivity contribution < 1.29 is 14.3 Å². The lowest BCUT2D eigenvalue weighted by Crippen LogP contribution is -2.46. The third-order valence-electron chi connectivity index (χ3n) is 4.57. The third-order valence-corrected chi connectivity index (χ3v) is 4.57. The lowest BCUT2D eigenvalue weighted by molar-refractivity contribution is -0.138. The maximum atomic E-state index is 12.8. The number of carbonyl (C=O) groups is 2. The van der Waals surface area contributed by atoms with Gasteiger partial charge in [0.25, 0.3) is 0 Å². The minimum Gasteiger partial charge on any atom is -0.488 e. The number of para-hydroxylation sites is 1. The fourth-order valence-electron chi connectivity index (χ4n) is 3.32. The lowest BCUT2D eigenvalue weighted by atomic mass is 10.2. The maximum absolute atomic E-state index is 12.8. The molecule has 0 radical (unpaired) electrons. The van der Waals surface area contributed by atoms with Gasteiger partial charge in [0.2, 0.25) is 11.8 Å². The molecule has 7 nitrogen and oxygen atoms in total. The predicted octanol–water partition coefficient (Wildman–Crippen LogP) is 1.29. The molecule has 1 aliphatic heterocycles. The molecule has 7 heteroatoms. The Morgan fingerprint density at radius 3 is 2.62 bits per heavy atom. The number of rotatable bonds is 5. The van der Waals surface area contributed by atoms with Crippen LogP contribution < -0.4 is 10.1 Å². The van der Waals surface area contributed by atoms with Crippen LogP contribution in [-0.4, -0.2) is 52.2 Å². The van der Waals surface area contributed by atoms with Crippen molar-refractivity contribution in [1.29, 1.82) is 0 Å². The zero-order chi connectivity index (χ0) is 18.7. The fourth-order valence-corrected chi connectivity index (χ4v) is 3.32. The zero-order valence-corrected chi connectivity index (χ0v) is 15.3. The Kier molecular flexibility index (Phi) is 5.25. The summed E-state index contributed by atoms with van der Waals surface area (Å²) in [4.78, 5) is 26.7. The van der Waals surface area contributed by atoms with E-state index in [4.69, 9.17) is 4.74 Å². The Morgan fingerprint density at radius 2 is 2.00 bits per heavy atom. The number of amides is 2. The van der Waals surface area contributed by atoms with E-state index in [0.29, 0.717) is 13.0 Å². The topological polar surface area (TPSA) is 76.5 Å². The van der Waals surface area contributed by atoms with Gasteiger partial charge in [0.15, 0.2) is 0 Å². The number of hydrogen-bond donors (Lipinski definition) is 1. The first-order valence-electron chi connectivity index (χ1n) is 8.71. The molecule has 1 N–H and O–H groups in total. The Morgan fingerprint density at radius 1 is 1.27 bits per heavy atom. The normalized spacial score (nSPS) is 19.4. The molecule has 0 bridgehead atoms. The predicted molar refractivity (Wildman–Crippen MR) is 96.7 cm³/mol. The first-order chi connectivity index (χ1) is 12.5. The molecule has 1 saturated heterocycles. The van der Waals surface area contributed by atoms with Gasteiger partial charge in [0.05, 0.1) is 12.2 Å². The number of nitrogens with one attached hydrogen (secondary N) is 1. The highest BCUT2D eigenvalue weighted by Gasteiger charge is 2.40. The summed E-state index contributed by atoms with van der Waals surface area (Å²) in [5.74, 6) is 0.427. The van der Waals surface area contributed by atoms with Gasteiger partial charge in [0, 0.05) is 19.2 Å². The fraction of sp³-hybridized carbons (Fsp3) is 0.421. The van der Waals surface area contributed by atoms with Crippen molar-refractivity contribution in [1.82, 2.24) is 20.0 Å². The van der Waals surface area contributed by atoms with Crippen molar-refractivity contribution >= 4 is 11.8 Å². The van der Waals surface area contributed by atoms with Crippen molar-refractivity contribution in [2.45, 2.75) is 39.0 Å². The number of benzene rings is 1. The second kappa shape index (κ2) is 7.59. The van der Waals surface area contributed by atoms with Crippen LogP contribution >= 0.6 is 0 Å². The summed E-state index contributed by atoms with van der Waals surface area (Å²) < 4.78 is 7.63. The molecule has 1 aliphatic rings. The van der Waals surface area contributed by atoms with Gasteiger partial charge < -0.3 is 15.0 Å². The summed E-state index contributed by atoms with van der Waals surface area (Å²) in [5, 5.41) is 6.98. The van der Waals surface area contributed by atoms with E-state index in [1.807, 2.05) is 50.2 Å². The minimum atomic E-state index is -0.529. The highest BCUT2D eigenvalue weighted by molar-refractivity contribution is 5.88. The molecule has 2 atom stereocenters. The summed E-state index contributed by atoms with van der Waals surface area (Å²) in [7, 11) is 1.58. The number of likely N-dealkylation sites (N-methyl/N-ethyl adjacent to an activating group) is 1. The van der Waals surface area contributed by atoms with Crippen molar-refractivity contribution in [3.8, 4) is 5.75 Å². The van der Waals surface area contributed by atoms with Crippen molar-refractivity contribution in [3.63, 3.8) is 0 Å². The highest BCUT2D eigenvalue weighted by Crippen LogP contribution is 2.24. The summed E-state index contributed by atoms with van der Waals surface area (Å²) in [5.41, 5.74) is 1.79. The number of nitrogens with zero attached hydrogens (tertiary/aromatic N) is 3. The molecule has 1 fully saturated rings. The molecule has 0 saturated carbocycles. The number of carbonyl (C=O) groups excluding carboxylic acids is 2. The van der Waals surface area contributed by atoms with Crippen LogP contribution in [0.5, 0.6) is 5.75 Å². The van der Waals surface area contributed by atoms with Gasteiger partial charge in [-0.3, -0.25) is 14.3 Å². The van der Waals surface area contributed by atoms with E-state index in [-0.39, 0.29) is 24.5 Å². The van der Waals surface area contributed by atoms with Gasteiger partial charge in [-0.2, -0.15) is 5.10 Å². The van der Waals surface area contributed by atoms with Crippen LogP contribution in [0.3, 0.4) is 0 Å². The monoisotopic (exact) mass is 356 g/mol. The molecule has 0 aliphatic carbocycles. The SMILES string of the molecule is CNC(=O)[C@@H]1C[C@H](Oc2ccccc2)CN1C(=O)Cn1nc(C)cc1C. The van der Waals surface area contributed by atoms with Gasteiger partial charge in [-0.15, -0.1) is 0 Å². The quantitative estimate of drug-likeness (QED) is 0.876. The average Bonchev–Trinajstić information content (AvgIpc) is 3.18. The number of hydrogen-bond acceptors (Lipinski definition) is 4. The van der Waals surface area contributed by atoms with Crippen molar-refractivity contribution in [3.05, 3.63) is 47.8 Å². The molecule has 0 unspecified atom stereocenters. The number of ether oxygens (including phenoxy) is 1. The van der Waals surface area contributed by atoms with Crippen LogP contribution in [0.1, 0.15) is 17.8 Å². The summed E-state index contributed by atoms with van der Waals surface area (Å²) in [6.45, 7) is 4.30. The molecular weight excluding hydrogens is 332 g/mol. The van der Waals surface area contributed by atoms with E-state index in [2.05, 4.69) is 10.4 Å². The second-order valence-electron chi connectivity index (χ2n) is 6.55. The summed E-state index contributed by atoms with van der Waals surface area (Å²) >= 11 is 0. The van der Waals surface area contributed by atoms with Gasteiger partial charge in [-0.25, -0.2) is 0 Å². The number of likely N-dealkylation sites (tertiary alicyclic amines) is 1. The molecular formula is C19H24N4O3. The molecule has 3 rings (SSSR count). The first-order valence-corrected chi connectivity index (χ1v) is 8.71. The molecule has 2 amide bonds. The largest absolute Gasteiger partial charge is 0.488 e. The van der Waals surface area contributed by atoms with E-state index < -0.39 is 6.04 Å². The molecule has 2 aromatic rings. The molecule has 1 aromatic heterocycles. The number of aryl methyl sites for hydroxylation is 2. The van der Waals surface area contributed by atoms with E-state index in [0.717, 1.165) is 17.1 Å². The van der Waals surface area contributed by atoms with Crippen LogP contribution in [-0.2, 0) is 16.1 Å². The van der Waals surface area contributed by atoms with Gasteiger partial charge in [0.1, 0.15) is 24.4 Å². The van der Waals surface area contributed by atoms with Crippen molar-refractivity contribution in [2.24, 2.45) is 0 Å². The number of aromatic nitrogens is 2. The van der Waals surface area contributed by atoms with Crippen LogP contribution in [0.4, 0.5) is 0 Å².